The van der Waals surface area contributed by atoms with Crippen LogP contribution in [0.25, 0.3) is 0 Å². The summed E-state index contributed by atoms with van der Waals surface area (Å²) in [4.78, 5) is 0. The van der Waals surface area contributed by atoms with Gasteiger partial charge in [0.05, 0.1) is 25.9 Å². The van der Waals surface area contributed by atoms with Crippen LogP contribution >= 0.6 is 0 Å². The van der Waals surface area contributed by atoms with Gasteiger partial charge in [-0.1, -0.05) is 64.2 Å². The van der Waals surface area contributed by atoms with Crippen molar-refractivity contribution < 1.29 is 14.2 Å². The molecule has 3 heteroatoms. The normalized spacial score (nSPS) is 22.8. The highest BCUT2D eigenvalue weighted by atomic mass is 16.5. The van der Waals surface area contributed by atoms with E-state index in [4.69, 9.17) is 14.2 Å². The Labute approximate surface area is 156 Å². The van der Waals surface area contributed by atoms with E-state index in [2.05, 4.69) is 0 Å². The smallest absolute Gasteiger partial charge is 0.0575 e. The summed E-state index contributed by atoms with van der Waals surface area (Å²) in [5.74, 6) is 0.681. The second-order valence-electron chi connectivity index (χ2n) is 8.55. The average Bonchev–Trinajstić information content (AvgIpc) is 2.65. The van der Waals surface area contributed by atoms with Crippen molar-refractivity contribution in [3.05, 3.63) is 0 Å². The van der Waals surface area contributed by atoms with E-state index in [1.807, 2.05) is 14.2 Å². The molecule has 0 radical (unpaired) electrons. The third-order valence-corrected chi connectivity index (χ3v) is 6.49. The largest absolute Gasteiger partial charge is 0.384 e. The molecule has 2 saturated carbocycles. The molecule has 2 aliphatic rings. The van der Waals surface area contributed by atoms with E-state index in [1.54, 1.807) is 0 Å². The summed E-state index contributed by atoms with van der Waals surface area (Å²) in [5, 5.41) is 0. The van der Waals surface area contributed by atoms with Crippen LogP contribution in [0.1, 0.15) is 89.9 Å². The van der Waals surface area contributed by atoms with Crippen LogP contribution in [-0.2, 0) is 14.2 Å². The first-order chi connectivity index (χ1) is 12.3. The molecule has 2 rings (SSSR count). The fourth-order valence-corrected chi connectivity index (χ4v) is 4.99. The summed E-state index contributed by atoms with van der Waals surface area (Å²) in [6.45, 7) is 2.33. The molecule has 2 aliphatic carbocycles. The molecule has 3 nitrogen and oxygen atoms in total. The third kappa shape index (κ3) is 7.19. The van der Waals surface area contributed by atoms with Gasteiger partial charge >= 0.3 is 0 Å². The van der Waals surface area contributed by atoms with Gasteiger partial charge < -0.3 is 14.2 Å². The van der Waals surface area contributed by atoms with E-state index < -0.39 is 0 Å². The number of hydrogen-bond acceptors (Lipinski definition) is 3. The van der Waals surface area contributed by atoms with Crippen molar-refractivity contribution in [3.63, 3.8) is 0 Å². The zero-order valence-electron chi connectivity index (χ0n) is 16.9. The molecule has 0 spiro atoms. The van der Waals surface area contributed by atoms with Crippen molar-refractivity contribution in [3.8, 4) is 0 Å². The van der Waals surface area contributed by atoms with E-state index in [-0.39, 0.29) is 5.41 Å². The maximum Gasteiger partial charge on any atom is 0.0575 e. The fraction of sp³-hybridized carbons (Fsp3) is 1.00. The first-order valence-electron chi connectivity index (χ1n) is 10.9. The van der Waals surface area contributed by atoms with E-state index in [9.17, 15) is 0 Å². The van der Waals surface area contributed by atoms with Crippen LogP contribution in [0, 0.1) is 11.3 Å². The van der Waals surface area contributed by atoms with E-state index >= 15 is 0 Å². The summed E-state index contributed by atoms with van der Waals surface area (Å²) in [6, 6.07) is 0. The Morgan fingerprint density at radius 3 is 1.56 bits per heavy atom. The second-order valence-corrected chi connectivity index (χ2v) is 8.55. The van der Waals surface area contributed by atoms with Gasteiger partial charge in [0.15, 0.2) is 0 Å². The van der Waals surface area contributed by atoms with Gasteiger partial charge in [-0.15, -0.1) is 0 Å². The quantitative estimate of drug-likeness (QED) is 0.555. The van der Waals surface area contributed by atoms with Gasteiger partial charge in [-0.25, -0.2) is 0 Å². The van der Waals surface area contributed by atoms with Crippen molar-refractivity contribution in [1.29, 1.82) is 0 Å². The van der Waals surface area contributed by atoms with E-state index in [0.717, 1.165) is 19.8 Å². The Bertz CT molecular complexity index is 309. The number of rotatable bonds is 8. The fourth-order valence-electron chi connectivity index (χ4n) is 4.99. The zero-order chi connectivity index (χ0) is 17.8. The maximum absolute atomic E-state index is 6.58. The van der Waals surface area contributed by atoms with Crippen molar-refractivity contribution >= 4 is 0 Å². The first kappa shape index (κ1) is 21.2. The standard InChI is InChI=1S/C22H42O3/c1-23-17-22(18-24-2,20-13-9-8-10-14-20)19-25-21-15-11-6-4-3-5-7-12-16-21/h20-21H,3-19H2,1-2H3. The summed E-state index contributed by atoms with van der Waals surface area (Å²) < 4.78 is 17.9. The minimum Gasteiger partial charge on any atom is -0.384 e. The Morgan fingerprint density at radius 2 is 1.04 bits per heavy atom. The predicted octanol–water partition coefficient (Wildman–Crippen LogP) is 5.76. The predicted molar refractivity (Wildman–Crippen MR) is 104 cm³/mol. The maximum atomic E-state index is 6.58. The van der Waals surface area contributed by atoms with Crippen molar-refractivity contribution in [1.82, 2.24) is 0 Å². The third-order valence-electron chi connectivity index (χ3n) is 6.49. The molecule has 0 aromatic rings. The van der Waals surface area contributed by atoms with Crippen LogP contribution in [0.4, 0.5) is 0 Å². The Morgan fingerprint density at radius 1 is 0.600 bits per heavy atom. The minimum absolute atomic E-state index is 0.0409. The molecule has 2 fully saturated rings. The van der Waals surface area contributed by atoms with Gasteiger partial charge in [-0.3, -0.25) is 0 Å². The molecule has 0 aromatic heterocycles. The molecule has 25 heavy (non-hydrogen) atoms. The monoisotopic (exact) mass is 354 g/mol. The molecule has 0 unspecified atom stereocenters. The molecule has 0 aliphatic heterocycles. The van der Waals surface area contributed by atoms with Gasteiger partial charge in [0.25, 0.3) is 0 Å². The molecule has 0 saturated heterocycles. The molecular formula is C22H42O3. The topological polar surface area (TPSA) is 27.7 Å². The number of ether oxygens (including phenoxy) is 3. The first-order valence-corrected chi connectivity index (χ1v) is 10.9. The minimum atomic E-state index is 0.0409. The SMILES string of the molecule is COCC(COC)(COC1CCCCCCCCC1)C1CCCCC1. The highest BCUT2D eigenvalue weighted by molar-refractivity contribution is 4.89. The van der Waals surface area contributed by atoms with Crippen LogP contribution in [-0.4, -0.2) is 40.1 Å². The highest BCUT2D eigenvalue weighted by Crippen LogP contribution is 2.40. The Kier molecular flexibility index (Phi) is 10.4. The Hall–Kier alpha value is -0.120. The number of methoxy groups -OCH3 is 2. The van der Waals surface area contributed by atoms with Crippen LogP contribution in [0.2, 0.25) is 0 Å². The highest BCUT2D eigenvalue weighted by Gasteiger charge is 2.40. The van der Waals surface area contributed by atoms with Gasteiger partial charge in [-0.05, 0) is 31.6 Å². The summed E-state index contributed by atoms with van der Waals surface area (Å²) in [5.41, 5.74) is 0.0409. The molecule has 148 valence electrons. The van der Waals surface area contributed by atoms with E-state index in [1.165, 1.54) is 89.9 Å². The van der Waals surface area contributed by atoms with Crippen molar-refractivity contribution in [2.24, 2.45) is 11.3 Å². The summed E-state index contributed by atoms with van der Waals surface area (Å²) >= 11 is 0. The molecule has 0 aromatic carbocycles. The zero-order valence-corrected chi connectivity index (χ0v) is 16.9. The van der Waals surface area contributed by atoms with Gasteiger partial charge in [0.2, 0.25) is 0 Å². The molecule has 0 atom stereocenters. The van der Waals surface area contributed by atoms with E-state index in [0.29, 0.717) is 12.0 Å². The van der Waals surface area contributed by atoms with Gasteiger partial charge in [0, 0.05) is 19.6 Å². The van der Waals surface area contributed by atoms with Crippen LogP contribution in [0.15, 0.2) is 0 Å². The molecule has 0 N–H and O–H groups in total. The Balaban J connectivity index is 1.95. The van der Waals surface area contributed by atoms with Crippen LogP contribution < -0.4 is 0 Å². The summed E-state index contributed by atoms with van der Waals surface area (Å²) in [7, 11) is 3.66. The average molecular weight is 355 g/mol. The molecule has 0 heterocycles. The lowest BCUT2D eigenvalue weighted by Gasteiger charge is -2.42. The lowest BCUT2D eigenvalue weighted by molar-refractivity contribution is -0.110. The van der Waals surface area contributed by atoms with Crippen molar-refractivity contribution in [2.75, 3.05) is 34.0 Å². The molecule has 0 bridgehead atoms. The molecular weight excluding hydrogens is 312 g/mol. The lowest BCUT2D eigenvalue weighted by atomic mass is 9.70. The molecule has 0 amide bonds. The van der Waals surface area contributed by atoms with Crippen LogP contribution in [0.5, 0.6) is 0 Å². The van der Waals surface area contributed by atoms with Crippen molar-refractivity contribution in [2.45, 2.75) is 96.0 Å². The second kappa shape index (κ2) is 12.3. The lowest BCUT2D eigenvalue weighted by Crippen LogP contribution is -2.45. The van der Waals surface area contributed by atoms with Gasteiger partial charge in [0.1, 0.15) is 0 Å². The van der Waals surface area contributed by atoms with Crippen LogP contribution in [0.3, 0.4) is 0 Å². The van der Waals surface area contributed by atoms with Gasteiger partial charge in [-0.2, -0.15) is 0 Å². The summed E-state index contributed by atoms with van der Waals surface area (Å²) in [6.07, 6.45) is 19.3. The number of hydrogen-bond donors (Lipinski definition) is 0.